The van der Waals surface area contributed by atoms with Gasteiger partial charge in [0.15, 0.2) is 11.2 Å². The van der Waals surface area contributed by atoms with Crippen LogP contribution in [0.2, 0.25) is 0 Å². The average molecular weight is 306 g/mol. The molecule has 2 N–H and O–H groups in total. The summed E-state index contributed by atoms with van der Waals surface area (Å²) in [6.45, 7) is 3.78. The minimum absolute atomic E-state index is 0.0760. The minimum atomic E-state index is -0.0760. The number of hydrogen-bond acceptors (Lipinski definition) is 7. The van der Waals surface area contributed by atoms with Gasteiger partial charge in [0.1, 0.15) is 0 Å². The summed E-state index contributed by atoms with van der Waals surface area (Å²) in [5, 5.41) is 8.86. The molecule has 0 radical (unpaired) electrons. The van der Waals surface area contributed by atoms with Crippen molar-refractivity contribution in [2.45, 2.75) is 20.0 Å². The fourth-order valence-electron chi connectivity index (χ4n) is 2.06. The van der Waals surface area contributed by atoms with Crippen LogP contribution in [0.15, 0.2) is 30.5 Å². The Bertz CT molecular complexity index is 899. The van der Waals surface area contributed by atoms with Crippen LogP contribution in [0.25, 0.3) is 22.4 Å². The van der Waals surface area contributed by atoms with Crippen molar-refractivity contribution in [1.82, 2.24) is 19.9 Å². The van der Waals surface area contributed by atoms with Gasteiger partial charge < -0.3 is 10.5 Å². The topological polar surface area (TPSA) is 111 Å². The molecule has 0 saturated carbocycles. The summed E-state index contributed by atoms with van der Waals surface area (Å²) in [6, 6.07) is 9.17. The molecule has 0 amide bonds. The van der Waals surface area contributed by atoms with Crippen LogP contribution in [0.4, 0.5) is 5.95 Å². The van der Waals surface area contributed by atoms with Gasteiger partial charge in [-0.2, -0.15) is 15.2 Å². The maximum Gasteiger partial charge on any atom is 0.247 e. The molecule has 0 aliphatic rings. The van der Waals surface area contributed by atoms with E-state index in [1.807, 2.05) is 26.0 Å². The van der Waals surface area contributed by atoms with Crippen molar-refractivity contribution in [3.8, 4) is 23.2 Å². The van der Waals surface area contributed by atoms with Crippen molar-refractivity contribution < 1.29 is 4.74 Å². The van der Waals surface area contributed by atoms with Gasteiger partial charge >= 0.3 is 0 Å². The first-order valence-electron chi connectivity index (χ1n) is 7.04. The van der Waals surface area contributed by atoms with E-state index in [1.165, 1.54) is 0 Å². The third-order valence-electron chi connectivity index (χ3n) is 3.05. The number of benzene rings is 1. The number of nitrogen functional groups attached to an aromatic ring is 1. The lowest BCUT2D eigenvalue weighted by molar-refractivity contribution is 0.235. The Kier molecular flexibility index (Phi) is 3.73. The summed E-state index contributed by atoms with van der Waals surface area (Å²) in [4.78, 5) is 17.0. The highest BCUT2D eigenvalue weighted by Crippen LogP contribution is 2.25. The van der Waals surface area contributed by atoms with Crippen LogP contribution >= 0.6 is 0 Å². The first-order valence-corrected chi connectivity index (χ1v) is 7.04. The Morgan fingerprint density at radius 2 is 1.87 bits per heavy atom. The molecule has 3 rings (SSSR count). The highest BCUT2D eigenvalue weighted by molar-refractivity contribution is 5.79. The van der Waals surface area contributed by atoms with Crippen molar-refractivity contribution in [3.63, 3.8) is 0 Å². The molecule has 0 atom stereocenters. The number of fused-ring (bicyclic) bond motifs is 1. The molecule has 114 valence electrons. The van der Waals surface area contributed by atoms with Crippen LogP contribution in [-0.4, -0.2) is 26.0 Å². The van der Waals surface area contributed by atoms with Gasteiger partial charge in [0, 0.05) is 5.56 Å². The summed E-state index contributed by atoms with van der Waals surface area (Å²) < 4.78 is 5.66. The molecule has 0 aliphatic carbocycles. The maximum atomic E-state index is 8.86. The quantitative estimate of drug-likeness (QED) is 0.790. The molecule has 0 bridgehead atoms. The van der Waals surface area contributed by atoms with Crippen molar-refractivity contribution in [2.75, 3.05) is 5.73 Å². The van der Waals surface area contributed by atoms with E-state index in [4.69, 9.17) is 15.7 Å². The number of hydrogen-bond donors (Lipinski definition) is 1. The smallest absolute Gasteiger partial charge is 0.247 e. The normalized spacial score (nSPS) is 10.7. The Labute approximate surface area is 132 Å². The summed E-state index contributed by atoms with van der Waals surface area (Å²) in [6.07, 6.45) is 1.53. The molecule has 0 spiro atoms. The lowest BCUT2D eigenvalue weighted by atomic mass is 10.1. The van der Waals surface area contributed by atoms with Gasteiger partial charge in [-0.05, 0) is 26.0 Å². The highest BCUT2D eigenvalue weighted by atomic mass is 16.5. The number of nitrogens with two attached hydrogens (primary N) is 1. The molecular formula is C16H14N6O. The molecule has 0 aliphatic heterocycles. The molecule has 7 nitrogen and oxygen atoms in total. The lowest BCUT2D eigenvalue weighted by Gasteiger charge is -2.11. The van der Waals surface area contributed by atoms with E-state index in [0.717, 1.165) is 5.56 Å². The van der Waals surface area contributed by atoms with Gasteiger partial charge in [-0.25, -0.2) is 9.97 Å². The van der Waals surface area contributed by atoms with Crippen LogP contribution in [0, 0.1) is 11.3 Å². The second-order valence-corrected chi connectivity index (χ2v) is 5.17. The number of nitrogens with zero attached hydrogens (tertiary/aromatic N) is 5. The van der Waals surface area contributed by atoms with Crippen LogP contribution in [0.5, 0.6) is 5.88 Å². The van der Waals surface area contributed by atoms with Crippen molar-refractivity contribution in [2.24, 2.45) is 0 Å². The molecule has 2 heterocycles. The molecule has 0 fully saturated rings. The zero-order valence-corrected chi connectivity index (χ0v) is 12.7. The molecule has 0 saturated heterocycles. The third-order valence-corrected chi connectivity index (χ3v) is 3.05. The Hall–Kier alpha value is -3.27. The second-order valence-electron chi connectivity index (χ2n) is 5.17. The van der Waals surface area contributed by atoms with Gasteiger partial charge in [-0.3, -0.25) is 0 Å². The Morgan fingerprint density at radius 3 is 2.52 bits per heavy atom. The number of nitriles is 1. The first kappa shape index (κ1) is 14.7. The largest absolute Gasteiger partial charge is 0.473 e. The number of rotatable bonds is 3. The molecule has 23 heavy (non-hydrogen) atoms. The van der Waals surface area contributed by atoms with E-state index in [0.29, 0.717) is 28.3 Å². The molecule has 7 heteroatoms. The zero-order chi connectivity index (χ0) is 16.4. The van der Waals surface area contributed by atoms with E-state index < -0.39 is 0 Å². The average Bonchev–Trinajstić information content (AvgIpc) is 2.54. The van der Waals surface area contributed by atoms with Gasteiger partial charge in [0.05, 0.1) is 29.6 Å². The van der Waals surface area contributed by atoms with Crippen molar-refractivity contribution in [3.05, 3.63) is 36.0 Å². The summed E-state index contributed by atoms with van der Waals surface area (Å²) >= 11 is 0. The molecule has 1 aromatic carbocycles. The van der Waals surface area contributed by atoms with Crippen LogP contribution < -0.4 is 10.5 Å². The summed E-state index contributed by atoms with van der Waals surface area (Å²) in [7, 11) is 0. The van der Waals surface area contributed by atoms with Crippen LogP contribution in [-0.2, 0) is 0 Å². The van der Waals surface area contributed by atoms with E-state index in [-0.39, 0.29) is 12.1 Å². The van der Waals surface area contributed by atoms with E-state index in [1.54, 1.807) is 18.3 Å². The van der Waals surface area contributed by atoms with Crippen molar-refractivity contribution >= 4 is 17.1 Å². The van der Waals surface area contributed by atoms with E-state index in [2.05, 4.69) is 26.0 Å². The van der Waals surface area contributed by atoms with Crippen molar-refractivity contribution in [1.29, 1.82) is 5.26 Å². The highest BCUT2D eigenvalue weighted by Gasteiger charge is 2.13. The molecule has 2 aromatic heterocycles. The van der Waals surface area contributed by atoms with E-state index >= 15 is 0 Å². The lowest BCUT2D eigenvalue weighted by Crippen LogP contribution is -2.10. The third kappa shape index (κ3) is 3.01. The van der Waals surface area contributed by atoms with Gasteiger partial charge in [-0.1, -0.05) is 12.1 Å². The monoisotopic (exact) mass is 306 g/mol. The first-order chi connectivity index (χ1) is 11.1. The second kappa shape index (κ2) is 5.85. The van der Waals surface area contributed by atoms with Crippen LogP contribution in [0.1, 0.15) is 19.4 Å². The number of anilines is 1. The molecule has 0 unspecified atom stereocenters. The fraction of sp³-hybridized carbons (Fsp3) is 0.188. The number of ether oxygens (including phenoxy) is 1. The Balaban J connectivity index is 2.13. The predicted molar refractivity (Wildman–Crippen MR) is 85.5 cm³/mol. The maximum absolute atomic E-state index is 8.86. The zero-order valence-electron chi connectivity index (χ0n) is 12.7. The van der Waals surface area contributed by atoms with Gasteiger partial charge in [0.2, 0.25) is 11.8 Å². The minimum Gasteiger partial charge on any atom is -0.473 e. The SMILES string of the molecule is CC(C)Oc1nc(N)nc2ncc(-c3ccc(C#N)cc3)nc12. The van der Waals surface area contributed by atoms with Gasteiger partial charge in [-0.15, -0.1) is 0 Å². The predicted octanol–water partition coefficient (Wildman–Crippen LogP) is 2.33. The fourth-order valence-corrected chi connectivity index (χ4v) is 2.06. The molecular weight excluding hydrogens is 292 g/mol. The van der Waals surface area contributed by atoms with E-state index in [9.17, 15) is 0 Å². The Morgan fingerprint density at radius 1 is 1.13 bits per heavy atom. The number of aromatic nitrogens is 4. The van der Waals surface area contributed by atoms with Crippen LogP contribution in [0.3, 0.4) is 0 Å². The summed E-state index contributed by atoms with van der Waals surface area (Å²) in [5.41, 5.74) is 8.58. The standard InChI is InChI=1S/C16H14N6O/c1-9(2)23-15-13-14(21-16(18)22-15)19-8-12(20-13)11-5-3-10(7-17)4-6-11/h3-6,8-9H,1-2H3,(H2,18,19,21,22). The molecule has 3 aromatic rings. The summed E-state index contributed by atoms with van der Waals surface area (Å²) in [5.74, 6) is 0.402. The van der Waals surface area contributed by atoms with Gasteiger partial charge in [0.25, 0.3) is 0 Å².